The highest BCUT2D eigenvalue weighted by Crippen LogP contribution is 2.37. The molecule has 1 aromatic heterocycles. The van der Waals surface area contributed by atoms with Gasteiger partial charge in [0.2, 0.25) is 0 Å². The second kappa shape index (κ2) is 13.3. The van der Waals surface area contributed by atoms with E-state index >= 15 is 0 Å². The number of piperazine rings is 1. The lowest BCUT2D eigenvalue weighted by Crippen LogP contribution is -2.49. The molecule has 1 N–H and O–H groups in total. The first-order valence-corrected chi connectivity index (χ1v) is 15.1. The van der Waals surface area contributed by atoms with E-state index in [0.29, 0.717) is 56.4 Å². The molecule has 0 radical (unpaired) electrons. The zero-order valence-electron chi connectivity index (χ0n) is 26.7. The lowest BCUT2D eigenvalue weighted by Gasteiger charge is -2.42. The predicted octanol–water partition coefficient (Wildman–Crippen LogP) is 5.46. The second-order valence-electron chi connectivity index (χ2n) is 12.6. The highest BCUT2D eigenvalue weighted by Gasteiger charge is 2.33. The van der Waals surface area contributed by atoms with E-state index in [2.05, 4.69) is 10.2 Å². The third-order valence-corrected chi connectivity index (χ3v) is 8.20. The summed E-state index contributed by atoms with van der Waals surface area (Å²) in [6.45, 7) is 9.89. The zero-order valence-corrected chi connectivity index (χ0v) is 26.7. The molecule has 45 heavy (non-hydrogen) atoms. The lowest BCUT2D eigenvalue weighted by molar-refractivity contribution is 0.0209. The summed E-state index contributed by atoms with van der Waals surface area (Å²) in [5.74, 6) is 0.203. The Morgan fingerprint density at radius 2 is 1.87 bits per heavy atom. The van der Waals surface area contributed by atoms with Gasteiger partial charge in [-0.05, 0) is 63.1 Å². The van der Waals surface area contributed by atoms with Crippen LogP contribution in [-0.2, 0) is 20.8 Å². The summed E-state index contributed by atoms with van der Waals surface area (Å²) in [6, 6.07) is 9.07. The molecular formula is C33H42F2N4O6. The van der Waals surface area contributed by atoms with Crippen molar-refractivity contribution in [1.82, 2.24) is 14.4 Å². The maximum Gasteiger partial charge on any atom is 0.419 e. The Labute approximate surface area is 262 Å². The number of nitrogens with one attached hydrogen (secondary N) is 1. The van der Waals surface area contributed by atoms with Crippen LogP contribution in [0.15, 0.2) is 36.5 Å². The van der Waals surface area contributed by atoms with Crippen molar-refractivity contribution in [2.24, 2.45) is 0 Å². The van der Waals surface area contributed by atoms with Gasteiger partial charge in [-0.25, -0.2) is 18.4 Å². The summed E-state index contributed by atoms with van der Waals surface area (Å²) >= 11 is 0. The zero-order chi connectivity index (χ0) is 32.5. The van der Waals surface area contributed by atoms with Crippen molar-refractivity contribution in [3.63, 3.8) is 0 Å². The van der Waals surface area contributed by atoms with E-state index in [0.717, 1.165) is 27.6 Å². The Bertz CT molecular complexity index is 1550. The molecule has 5 rings (SSSR count). The van der Waals surface area contributed by atoms with Crippen LogP contribution in [0, 0.1) is 6.92 Å². The van der Waals surface area contributed by atoms with E-state index in [9.17, 15) is 18.4 Å². The van der Waals surface area contributed by atoms with Crippen molar-refractivity contribution >= 4 is 28.7 Å². The first-order valence-electron chi connectivity index (χ1n) is 15.1. The number of ether oxygens (including phenoxy) is 4. The third kappa shape index (κ3) is 7.23. The van der Waals surface area contributed by atoms with Gasteiger partial charge in [-0.2, -0.15) is 0 Å². The Balaban J connectivity index is 1.54. The van der Waals surface area contributed by atoms with E-state index in [4.69, 9.17) is 18.9 Å². The summed E-state index contributed by atoms with van der Waals surface area (Å²) < 4.78 is 50.4. The number of carbonyl (C=O) groups is 2. The van der Waals surface area contributed by atoms with Gasteiger partial charge in [-0.3, -0.25) is 14.4 Å². The van der Waals surface area contributed by atoms with E-state index in [1.807, 2.05) is 52.0 Å². The monoisotopic (exact) mass is 628 g/mol. The standard InChI is InChI=1S/C33H42F2N4O6/c1-20-13-28(42-5)25(23-9-10-39(30(20)23)32(41)45-33(2,3)4)15-38-12-11-37(17-29(34)35)16-27(38)21-7-8-24(31(40)43-6)26(14-21)36-22-18-44-19-22/h7-10,13-14,22,27,29,36H,11-12,15-19H2,1-6H3. The van der Waals surface area contributed by atoms with E-state index in [-0.39, 0.29) is 18.6 Å². The van der Waals surface area contributed by atoms with Gasteiger partial charge in [0, 0.05) is 55.1 Å². The molecule has 3 heterocycles. The Kier molecular flexibility index (Phi) is 9.66. The van der Waals surface area contributed by atoms with Gasteiger partial charge >= 0.3 is 12.1 Å². The van der Waals surface area contributed by atoms with Crippen molar-refractivity contribution in [3.05, 3.63) is 58.8 Å². The van der Waals surface area contributed by atoms with Crippen molar-refractivity contribution in [2.45, 2.75) is 58.3 Å². The van der Waals surface area contributed by atoms with Gasteiger partial charge in [0.1, 0.15) is 11.4 Å². The number of carbonyl (C=O) groups excluding carboxylic acids is 2. The number of halogens is 2. The van der Waals surface area contributed by atoms with Crippen LogP contribution in [0.25, 0.3) is 10.9 Å². The third-order valence-electron chi connectivity index (χ3n) is 8.20. The highest BCUT2D eigenvalue weighted by atomic mass is 19.3. The number of alkyl halides is 2. The summed E-state index contributed by atoms with van der Waals surface area (Å²) in [6.07, 6.45) is -1.22. The number of nitrogens with zero attached hydrogens (tertiary/aromatic N) is 3. The molecule has 1 atom stereocenters. The molecule has 2 aliphatic heterocycles. The number of hydrogen-bond acceptors (Lipinski definition) is 9. The van der Waals surface area contributed by atoms with Gasteiger partial charge in [0.05, 0.1) is 51.1 Å². The van der Waals surface area contributed by atoms with Crippen LogP contribution in [-0.4, -0.2) is 98.1 Å². The number of fused-ring (bicyclic) bond motifs is 1. The normalized spacial score (nSPS) is 18.2. The average molecular weight is 629 g/mol. The first-order chi connectivity index (χ1) is 21.4. The summed E-state index contributed by atoms with van der Waals surface area (Å²) in [4.78, 5) is 29.7. The number of anilines is 1. The number of benzene rings is 2. The topological polar surface area (TPSA) is 94.5 Å². The maximum atomic E-state index is 13.5. The van der Waals surface area contributed by atoms with Gasteiger partial charge < -0.3 is 24.3 Å². The predicted molar refractivity (Wildman–Crippen MR) is 166 cm³/mol. The Morgan fingerprint density at radius 3 is 2.49 bits per heavy atom. The SMILES string of the molecule is COC(=O)c1ccc(C2CN(CC(F)F)CCN2Cc2c(OC)cc(C)c3c2ccn3C(=O)OC(C)(C)C)cc1NC1COC1. The number of rotatable bonds is 9. The van der Waals surface area contributed by atoms with Crippen LogP contribution in [0.1, 0.15) is 53.9 Å². The average Bonchev–Trinajstić information content (AvgIpc) is 3.41. The highest BCUT2D eigenvalue weighted by molar-refractivity contribution is 5.96. The molecule has 1 unspecified atom stereocenters. The quantitative estimate of drug-likeness (QED) is 0.310. The smallest absolute Gasteiger partial charge is 0.419 e. The van der Waals surface area contributed by atoms with E-state index < -0.39 is 24.1 Å². The molecule has 2 aromatic carbocycles. The number of hydrogen-bond donors (Lipinski definition) is 1. The van der Waals surface area contributed by atoms with Gasteiger partial charge in [0.15, 0.2) is 0 Å². The van der Waals surface area contributed by atoms with Gasteiger partial charge in [-0.15, -0.1) is 0 Å². The second-order valence-corrected chi connectivity index (χ2v) is 12.6. The summed E-state index contributed by atoms with van der Waals surface area (Å²) in [7, 11) is 2.95. The fourth-order valence-corrected chi connectivity index (χ4v) is 6.03. The number of aromatic nitrogens is 1. The molecule has 2 fully saturated rings. The van der Waals surface area contributed by atoms with Crippen molar-refractivity contribution in [3.8, 4) is 5.75 Å². The van der Waals surface area contributed by atoms with Crippen LogP contribution < -0.4 is 10.1 Å². The molecule has 2 saturated heterocycles. The van der Waals surface area contributed by atoms with Crippen LogP contribution in [0.4, 0.5) is 19.3 Å². The van der Waals surface area contributed by atoms with Crippen LogP contribution >= 0.6 is 0 Å². The van der Waals surface area contributed by atoms with Gasteiger partial charge in [0.25, 0.3) is 6.43 Å². The molecule has 10 nitrogen and oxygen atoms in total. The molecule has 244 valence electrons. The fourth-order valence-electron chi connectivity index (χ4n) is 6.03. The van der Waals surface area contributed by atoms with E-state index in [1.165, 1.54) is 11.7 Å². The molecule has 0 amide bonds. The molecular weight excluding hydrogens is 586 g/mol. The molecule has 0 bridgehead atoms. The van der Waals surface area contributed by atoms with Crippen molar-refractivity contribution in [1.29, 1.82) is 0 Å². The summed E-state index contributed by atoms with van der Waals surface area (Å²) in [5, 5.41) is 4.23. The van der Waals surface area contributed by atoms with Crippen molar-refractivity contribution in [2.75, 3.05) is 58.9 Å². The minimum atomic E-state index is -2.46. The Morgan fingerprint density at radius 1 is 1.11 bits per heavy atom. The Hall–Kier alpha value is -3.74. The largest absolute Gasteiger partial charge is 0.496 e. The fraction of sp³-hybridized carbons (Fsp3) is 0.515. The van der Waals surface area contributed by atoms with Crippen LogP contribution in [0.2, 0.25) is 0 Å². The lowest BCUT2D eigenvalue weighted by atomic mass is 9.97. The van der Waals surface area contributed by atoms with Crippen molar-refractivity contribution < 1.29 is 37.3 Å². The minimum Gasteiger partial charge on any atom is -0.496 e. The maximum absolute atomic E-state index is 13.5. The van der Waals surface area contributed by atoms with Crippen LogP contribution in [0.5, 0.6) is 5.75 Å². The number of aryl methyl sites for hydroxylation is 1. The van der Waals surface area contributed by atoms with Gasteiger partial charge in [-0.1, -0.05) is 6.07 Å². The molecule has 0 spiro atoms. The minimum absolute atomic E-state index is 0.0561. The molecule has 0 saturated carbocycles. The summed E-state index contributed by atoms with van der Waals surface area (Å²) in [5.41, 5.74) is 3.68. The first kappa shape index (κ1) is 32.6. The van der Waals surface area contributed by atoms with E-state index in [1.54, 1.807) is 24.3 Å². The molecule has 3 aromatic rings. The molecule has 0 aliphatic carbocycles. The number of methoxy groups -OCH3 is 2. The van der Waals surface area contributed by atoms with Crippen LogP contribution in [0.3, 0.4) is 0 Å². The molecule has 2 aliphatic rings. The number of esters is 1. The molecule has 12 heteroatoms.